The van der Waals surface area contributed by atoms with E-state index in [0.717, 1.165) is 103 Å². The SMILES string of the molecule is CC/C=C\C/C=C\C/C=C\C/C=C\C/C=C\CCCCCC(=O)OC(COC(=O)CCCCCCC/C=C\CCCC)COP(=O)(O)OC. The zero-order valence-electron chi connectivity index (χ0n) is 30.8. The second-order valence-electron chi connectivity index (χ2n) is 12.0. The number of ether oxygens (including phenoxy) is 2. The van der Waals surface area contributed by atoms with E-state index in [1.54, 1.807) is 0 Å². The van der Waals surface area contributed by atoms with E-state index in [1.165, 1.54) is 12.8 Å². The van der Waals surface area contributed by atoms with Crippen molar-refractivity contribution in [2.45, 2.75) is 148 Å². The highest BCUT2D eigenvalue weighted by molar-refractivity contribution is 7.47. The van der Waals surface area contributed by atoms with Crippen molar-refractivity contribution in [1.29, 1.82) is 0 Å². The summed E-state index contributed by atoms with van der Waals surface area (Å²) in [6.45, 7) is 3.67. The van der Waals surface area contributed by atoms with E-state index in [-0.39, 0.29) is 19.4 Å². The lowest BCUT2D eigenvalue weighted by atomic mass is 10.1. The Hall–Kier alpha value is -2.51. The lowest BCUT2D eigenvalue weighted by molar-refractivity contribution is -0.161. The number of hydrogen-bond donors (Lipinski definition) is 1. The van der Waals surface area contributed by atoms with Gasteiger partial charge in [0.25, 0.3) is 0 Å². The molecule has 0 aromatic heterocycles. The molecular weight excluding hydrogens is 639 g/mol. The highest BCUT2D eigenvalue weighted by Crippen LogP contribution is 2.42. The number of phosphoric acid groups is 1. The summed E-state index contributed by atoms with van der Waals surface area (Å²) < 4.78 is 31.8. The normalized spacial score (nSPS) is 14.3. The third kappa shape index (κ3) is 35.1. The zero-order chi connectivity index (χ0) is 36.1. The molecule has 9 heteroatoms. The van der Waals surface area contributed by atoms with Gasteiger partial charge < -0.3 is 14.4 Å². The smallest absolute Gasteiger partial charge is 0.462 e. The number of esters is 2. The van der Waals surface area contributed by atoms with Crippen molar-refractivity contribution in [3.05, 3.63) is 72.9 Å². The Morgan fingerprint density at radius 1 is 0.592 bits per heavy atom. The lowest BCUT2D eigenvalue weighted by Gasteiger charge is -2.19. The second kappa shape index (κ2) is 35.3. The first-order chi connectivity index (χ1) is 23.8. The van der Waals surface area contributed by atoms with Crippen LogP contribution >= 0.6 is 7.82 Å². The van der Waals surface area contributed by atoms with Crippen LogP contribution in [0, 0.1) is 0 Å². The first-order valence-corrected chi connectivity index (χ1v) is 20.1. The predicted molar refractivity (Wildman–Crippen MR) is 202 cm³/mol. The van der Waals surface area contributed by atoms with Gasteiger partial charge in [0.2, 0.25) is 0 Å². The molecule has 0 spiro atoms. The summed E-state index contributed by atoms with van der Waals surface area (Å²) in [4.78, 5) is 34.3. The average molecular weight is 707 g/mol. The van der Waals surface area contributed by atoms with Gasteiger partial charge in [-0.3, -0.25) is 18.6 Å². The van der Waals surface area contributed by atoms with Crippen LogP contribution in [0.3, 0.4) is 0 Å². The number of phosphoric ester groups is 1. The average Bonchev–Trinajstić information content (AvgIpc) is 3.09. The van der Waals surface area contributed by atoms with Crippen molar-refractivity contribution in [2.24, 2.45) is 0 Å². The van der Waals surface area contributed by atoms with Gasteiger partial charge >= 0.3 is 19.8 Å². The van der Waals surface area contributed by atoms with Gasteiger partial charge in [0.1, 0.15) is 6.61 Å². The molecular formula is C40H67O8P. The topological polar surface area (TPSA) is 108 Å². The Balaban J connectivity index is 4.17. The van der Waals surface area contributed by atoms with Gasteiger partial charge in [-0.05, 0) is 77.0 Å². The van der Waals surface area contributed by atoms with Crippen LogP contribution in [0.1, 0.15) is 142 Å². The molecule has 1 N–H and O–H groups in total. The maximum atomic E-state index is 12.4. The molecule has 8 nitrogen and oxygen atoms in total. The first-order valence-electron chi connectivity index (χ1n) is 18.6. The van der Waals surface area contributed by atoms with Crippen molar-refractivity contribution in [3.8, 4) is 0 Å². The van der Waals surface area contributed by atoms with Crippen LogP contribution in [0.25, 0.3) is 0 Å². The minimum Gasteiger partial charge on any atom is -0.462 e. The fourth-order valence-corrected chi connectivity index (χ4v) is 5.01. The molecule has 0 heterocycles. The number of carbonyl (C=O) groups excluding carboxylic acids is 2. The van der Waals surface area contributed by atoms with Gasteiger partial charge in [-0.1, -0.05) is 125 Å². The number of unbranched alkanes of at least 4 members (excludes halogenated alkanes) is 10. The summed E-state index contributed by atoms with van der Waals surface area (Å²) in [7, 11) is -3.22. The molecule has 0 rings (SSSR count). The molecule has 0 aromatic carbocycles. The molecule has 280 valence electrons. The summed E-state index contributed by atoms with van der Waals surface area (Å²) in [5.41, 5.74) is 0. The molecule has 49 heavy (non-hydrogen) atoms. The van der Waals surface area contributed by atoms with Crippen LogP contribution in [0.2, 0.25) is 0 Å². The van der Waals surface area contributed by atoms with Crippen LogP contribution in [-0.2, 0) is 32.7 Å². The Kier molecular flexibility index (Phi) is 33.5. The number of carbonyl (C=O) groups is 2. The molecule has 0 saturated carbocycles. The van der Waals surface area contributed by atoms with Gasteiger partial charge in [0, 0.05) is 20.0 Å². The van der Waals surface area contributed by atoms with E-state index in [0.29, 0.717) is 6.42 Å². The summed E-state index contributed by atoms with van der Waals surface area (Å²) in [5, 5.41) is 0. The number of rotatable bonds is 33. The Morgan fingerprint density at radius 2 is 1.04 bits per heavy atom. The van der Waals surface area contributed by atoms with Gasteiger partial charge in [-0.25, -0.2) is 4.57 Å². The maximum Gasteiger partial charge on any atom is 0.472 e. The Morgan fingerprint density at radius 3 is 1.59 bits per heavy atom. The minimum atomic E-state index is -4.27. The van der Waals surface area contributed by atoms with Gasteiger partial charge in [-0.15, -0.1) is 0 Å². The standard InChI is InChI=1S/C40H67O8P/c1-4-6-8-10-12-14-16-17-18-19-20-21-22-23-25-27-29-31-33-35-40(42)48-38(37-47-49(43,44)45-3)36-46-39(41)34-32-30-28-26-24-15-13-11-9-7-5-2/h6,8,11-14,17-18,20-21,23,25,38H,4-5,7,9-10,15-16,19,22,24,26-37H2,1-3H3,(H,43,44)/b8-6-,13-11-,14-12-,18-17-,21-20-,25-23-. The van der Waals surface area contributed by atoms with Crippen LogP contribution in [0.4, 0.5) is 0 Å². The number of hydrogen-bond acceptors (Lipinski definition) is 7. The highest BCUT2D eigenvalue weighted by atomic mass is 31.2. The summed E-state index contributed by atoms with van der Waals surface area (Å²) in [6, 6.07) is 0. The van der Waals surface area contributed by atoms with Crippen molar-refractivity contribution in [1.82, 2.24) is 0 Å². The Labute approximate surface area is 298 Å². The molecule has 2 atom stereocenters. The van der Waals surface area contributed by atoms with Crippen LogP contribution < -0.4 is 0 Å². The van der Waals surface area contributed by atoms with Crippen LogP contribution in [0.15, 0.2) is 72.9 Å². The van der Waals surface area contributed by atoms with Crippen molar-refractivity contribution < 1.29 is 37.6 Å². The van der Waals surface area contributed by atoms with Crippen molar-refractivity contribution >= 4 is 19.8 Å². The second-order valence-corrected chi connectivity index (χ2v) is 13.5. The summed E-state index contributed by atoms with van der Waals surface area (Å²) in [6.07, 6.45) is 43.8. The van der Waals surface area contributed by atoms with Gasteiger partial charge in [-0.2, -0.15) is 0 Å². The zero-order valence-corrected chi connectivity index (χ0v) is 31.7. The molecule has 0 radical (unpaired) electrons. The summed E-state index contributed by atoms with van der Waals surface area (Å²) >= 11 is 0. The largest absolute Gasteiger partial charge is 0.472 e. The van der Waals surface area contributed by atoms with E-state index in [9.17, 15) is 19.0 Å². The van der Waals surface area contributed by atoms with E-state index in [1.807, 2.05) is 0 Å². The molecule has 0 aliphatic carbocycles. The molecule has 0 saturated heterocycles. The van der Waals surface area contributed by atoms with Gasteiger partial charge in [0.15, 0.2) is 6.10 Å². The number of allylic oxidation sites excluding steroid dienone is 12. The fraction of sp³-hybridized carbons (Fsp3) is 0.650. The molecule has 0 aromatic rings. The molecule has 0 amide bonds. The fourth-order valence-electron chi connectivity index (χ4n) is 4.55. The molecule has 0 bridgehead atoms. The quantitative estimate of drug-likeness (QED) is 0.0311. The maximum absolute atomic E-state index is 12.4. The molecule has 2 unspecified atom stereocenters. The molecule has 0 aliphatic heterocycles. The van der Waals surface area contributed by atoms with E-state index in [4.69, 9.17) is 14.0 Å². The minimum absolute atomic E-state index is 0.200. The third-order valence-corrected chi connectivity index (χ3v) is 8.37. The van der Waals surface area contributed by atoms with Gasteiger partial charge in [0.05, 0.1) is 6.61 Å². The monoisotopic (exact) mass is 706 g/mol. The third-order valence-electron chi connectivity index (χ3n) is 7.43. The molecule has 0 fully saturated rings. The predicted octanol–water partition coefficient (Wildman–Crippen LogP) is 11.4. The lowest BCUT2D eigenvalue weighted by Crippen LogP contribution is -2.29. The summed E-state index contributed by atoms with van der Waals surface area (Å²) in [5.74, 6) is -0.862. The highest BCUT2D eigenvalue weighted by Gasteiger charge is 2.24. The molecule has 0 aliphatic rings. The van der Waals surface area contributed by atoms with Crippen molar-refractivity contribution in [3.63, 3.8) is 0 Å². The Bertz CT molecular complexity index is 1030. The van der Waals surface area contributed by atoms with E-state index in [2.05, 4.69) is 91.3 Å². The first kappa shape index (κ1) is 46.5. The van der Waals surface area contributed by atoms with Crippen LogP contribution in [-0.4, -0.2) is 43.3 Å². The van der Waals surface area contributed by atoms with E-state index < -0.39 is 32.5 Å². The van der Waals surface area contributed by atoms with Crippen LogP contribution in [0.5, 0.6) is 0 Å². The van der Waals surface area contributed by atoms with E-state index >= 15 is 0 Å². The van der Waals surface area contributed by atoms with Crippen molar-refractivity contribution in [2.75, 3.05) is 20.3 Å².